The summed E-state index contributed by atoms with van der Waals surface area (Å²) in [6.07, 6.45) is 1.53. The van der Waals surface area contributed by atoms with Crippen molar-refractivity contribution in [3.8, 4) is 5.82 Å². The Morgan fingerprint density at radius 1 is 1.31 bits per heavy atom. The Morgan fingerprint density at radius 3 is 2.81 bits per heavy atom. The fourth-order valence-corrected chi connectivity index (χ4v) is 1.54. The van der Waals surface area contributed by atoms with Gasteiger partial charge in [-0.05, 0) is 20.9 Å². The third kappa shape index (κ3) is 2.06. The van der Waals surface area contributed by atoms with Crippen molar-refractivity contribution in [2.24, 2.45) is 0 Å². The Kier molecular flexibility index (Phi) is 2.91. The molecule has 2 aromatic heterocycles. The van der Waals surface area contributed by atoms with Gasteiger partial charge in [0.05, 0.1) is 6.54 Å². The average Bonchev–Trinajstić information content (AvgIpc) is 2.65. The Morgan fingerprint density at radius 2 is 2.12 bits per heavy atom. The number of nitrogens with one attached hydrogen (secondary N) is 1. The molecular weight excluding hydrogens is 204 g/mol. The van der Waals surface area contributed by atoms with Gasteiger partial charge in [-0.3, -0.25) is 0 Å². The van der Waals surface area contributed by atoms with Crippen LogP contribution < -0.4 is 5.32 Å². The second-order valence-corrected chi connectivity index (χ2v) is 3.53. The van der Waals surface area contributed by atoms with Crippen molar-refractivity contribution < 1.29 is 0 Å². The largest absolute Gasteiger partial charge is 0.313 e. The first kappa shape index (κ1) is 10.7. The molecule has 2 rings (SSSR count). The van der Waals surface area contributed by atoms with E-state index < -0.39 is 0 Å². The lowest BCUT2D eigenvalue weighted by Gasteiger charge is -2.06. The van der Waals surface area contributed by atoms with E-state index in [4.69, 9.17) is 0 Å². The summed E-state index contributed by atoms with van der Waals surface area (Å²) < 4.78 is 1.72. The van der Waals surface area contributed by atoms with E-state index in [9.17, 15) is 0 Å². The maximum absolute atomic E-state index is 4.34. The van der Waals surface area contributed by atoms with Gasteiger partial charge in [-0.25, -0.2) is 15.0 Å². The van der Waals surface area contributed by atoms with Gasteiger partial charge >= 0.3 is 0 Å². The number of hydrogen-bond acceptors (Lipinski definition) is 5. The molecule has 0 aliphatic carbocycles. The van der Waals surface area contributed by atoms with Crippen LogP contribution in [0.15, 0.2) is 12.4 Å². The molecule has 0 aliphatic heterocycles. The first-order chi connectivity index (χ1) is 7.70. The summed E-state index contributed by atoms with van der Waals surface area (Å²) in [5.41, 5.74) is 0.924. The molecular formula is C10H14N6. The maximum Gasteiger partial charge on any atom is 0.159 e. The van der Waals surface area contributed by atoms with Crippen LogP contribution in [-0.4, -0.2) is 31.8 Å². The quantitative estimate of drug-likeness (QED) is 0.807. The number of aromatic nitrogens is 5. The molecule has 2 aromatic rings. The standard InChI is InChI=1S/C10H14N6/c1-7-4-9(15-8(2)14-7)16-10(5-11-3)12-6-13-16/h4,6,11H,5H2,1-3H3. The highest BCUT2D eigenvalue weighted by Gasteiger charge is 2.08. The highest BCUT2D eigenvalue weighted by molar-refractivity contribution is 5.24. The zero-order valence-corrected chi connectivity index (χ0v) is 9.60. The van der Waals surface area contributed by atoms with Crippen LogP contribution in [0.1, 0.15) is 17.3 Å². The first-order valence-corrected chi connectivity index (χ1v) is 5.07. The summed E-state index contributed by atoms with van der Waals surface area (Å²) in [4.78, 5) is 12.7. The molecule has 0 bridgehead atoms. The highest BCUT2D eigenvalue weighted by atomic mass is 15.4. The Bertz CT molecular complexity index is 470. The topological polar surface area (TPSA) is 68.5 Å². The van der Waals surface area contributed by atoms with Crippen molar-refractivity contribution >= 4 is 0 Å². The summed E-state index contributed by atoms with van der Waals surface area (Å²) in [5.74, 6) is 2.33. The van der Waals surface area contributed by atoms with Gasteiger partial charge < -0.3 is 5.32 Å². The van der Waals surface area contributed by atoms with Gasteiger partial charge in [0.2, 0.25) is 0 Å². The van der Waals surface area contributed by atoms with Gasteiger partial charge in [-0.15, -0.1) is 0 Å². The zero-order chi connectivity index (χ0) is 11.5. The van der Waals surface area contributed by atoms with Gasteiger partial charge in [0.25, 0.3) is 0 Å². The minimum Gasteiger partial charge on any atom is -0.313 e. The fourth-order valence-electron chi connectivity index (χ4n) is 1.54. The van der Waals surface area contributed by atoms with Gasteiger partial charge in [-0.2, -0.15) is 9.78 Å². The monoisotopic (exact) mass is 218 g/mol. The van der Waals surface area contributed by atoms with E-state index >= 15 is 0 Å². The molecule has 6 heteroatoms. The predicted octanol–water partition coefficient (Wildman–Crippen LogP) is 0.394. The molecule has 0 radical (unpaired) electrons. The van der Waals surface area contributed by atoms with Crippen LogP contribution in [0.5, 0.6) is 0 Å². The van der Waals surface area contributed by atoms with Gasteiger partial charge in [0.15, 0.2) is 5.82 Å². The zero-order valence-electron chi connectivity index (χ0n) is 9.60. The van der Waals surface area contributed by atoms with Crippen LogP contribution in [0, 0.1) is 13.8 Å². The van der Waals surface area contributed by atoms with Crippen molar-refractivity contribution in [3.63, 3.8) is 0 Å². The summed E-state index contributed by atoms with van der Waals surface area (Å²) in [6.45, 7) is 4.46. The minimum atomic E-state index is 0.655. The Labute approximate surface area is 93.8 Å². The van der Waals surface area contributed by atoms with Crippen molar-refractivity contribution in [1.29, 1.82) is 0 Å². The Balaban J connectivity index is 2.45. The number of nitrogens with zero attached hydrogens (tertiary/aromatic N) is 5. The maximum atomic E-state index is 4.34. The SMILES string of the molecule is CNCc1ncnn1-c1cc(C)nc(C)n1. The summed E-state index contributed by atoms with van der Waals surface area (Å²) in [6, 6.07) is 1.89. The molecule has 2 heterocycles. The van der Waals surface area contributed by atoms with Crippen LogP contribution in [0.3, 0.4) is 0 Å². The van der Waals surface area contributed by atoms with Crippen LogP contribution in [0.4, 0.5) is 0 Å². The molecule has 84 valence electrons. The first-order valence-electron chi connectivity index (χ1n) is 5.07. The molecule has 0 amide bonds. The van der Waals surface area contributed by atoms with Crippen LogP contribution >= 0.6 is 0 Å². The van der Waals surface area contributed by atoms with Crippen LogP contribution in [0.2, 0.25) is 0 Å². The van der Waals surface area contributed by atoms with Crippen molar-refractivity contribution in [2.45, 2.75) is 20.4 Å². The molecule has 6 nitrogen and oxygen atoms in total. The summed E-state index contributed by atoms with van der Waals surface area (Å²) in [7, 11) is 1.87. The lowest BCUT2D eigenvalue weighted by atomic mass is 10.4. The lowest BCUT2D eigenvalue weighted by Crippen LogP contribution is -2.13. The summed E-state index contributed by atoms with van der Waals surface area (Å²) >= 11 is 0. The second-order valence-electron chi connectivity index (χ2n) is 3.53. The molecule has 0 saturated carbocycles. The number of aryl methyl sites for hydroxylation is 2. The third-order valence-corrected chi connectivity index (χ3v) is 2.12. The van der Waals surface area contributed by atoms with E-state index in [1.54, 1.807) is 4.68 Å². The van der Waals surface area contributed by atoms with Crippen molar-refractivity contribution in [2.75, 3.05) is 7.05 Å². The molecule has 16 heavy (non-hydrogen) atoms. The van der Waals surface area contributed by atoms with E-state index in [-0.39, 0.29) is 0 Å². The lowest BCUT2D eigenvalue weighted by molar-refractivity contribution is 0.698. The van der Waals surface area contributed by atoms with Crippen LogP contribution in [-0.2, 0) is 6.54 Å². The predicted molar refractivity (Wildman–Crippen MR) is 59.2 cm³/mol. The molecule has 0 aromatic carbocycles. The molecule has 0 aliphatic rings. The molecule has 0 spiro atoms. The van der Waals surface area contributed by atoms with Gasteiger partial charge in [0, 0.05) is 11.8 Å². The van der Waals surface area contributed by atoms with Crippen molar-refractivity contribution in [3.05, 3.63) is 29.7 Å². The second kappa shape index (κ2) is 4.36. The minimum absolute atomic E-state index is 0.655. The number of hydrogen-bond donors (Lipinski definition) is 1. The summed E-state index contributed by atoms with van der Waals surface area (Å²) in [5, 5.41) is 7.21. The molecule has 0 unspecified atom stereocenters. The molecule has 0 atom stereocenters. The Hall–Kier alpha value is -1.82. The smallest absolute Gasteiger partial charge is 0.159 e. The number of rotatable bonds is 3. The molecule has 0 saturated heterocycles. The van der Waals surface area contributed by atoms with Crippen molar-refractivity contribution in [1.82, 2.24) is 30.0 Å². The van der Waals surface area contributed by atoms with E-state index in [1.807, 2.05) is 27.0 Å². The van der Waals surface area contributed by atoms with Gasteiger partial charge in [-0.1, -0.05) is 0 Å². The fraction of sp³-hybridized carbons (Fsp3) is 0.400. The van der Waals surface area contributed by atoms with Gasteiger partial charge in [0.1, 0.15) is 18.0 Å². The molecule has 0 fully saturated rings. The average molecular weight is 218 g/mol. The van der Waals surface area contributed by atoms with Crippen LogP contribution in [0.25, 0.3) is 5.82 Å². The molecule has 1 N–H and O–H groups in total. The third-order valence-electron chi connectivity index (χ3n) is 2.12. The van der Waals surface area contributed by atoms with E-state index in [0.29, 0.717) is 6.54 Å². The normalized spacial score (nSPS) is 10.7. The van der Waals surface area contributed by atoms with E-state index in [2.05, 4.69) is 25.4 Å². The van der Waals surface area contributed by atoms with E-state index in [1.165, 1.54) is 6.33 Å². The highest BCUT2D eigenvalue weighted by Crippen LogP contribution is 2.07. The van der Waals surface area contributed by atoms with E-state index in [0.717, 1.165) is 23.2 Å².